The molecule has 0 saturated heterocycles. The first-order valence-corrected chi connectivity index (χ1v) is 11.0. The zero-order valence-electron chi connectivity index (χ0n) is 16.3. The molecule has 30 heavy (non-hydrogen) atoms. The fourth-order valence-corrected chi connectivity index (χ4v) is 4.04. The Hall–Kier alpha value is -3.03. The number of hydrogen-bond donors (Lipinski definition) is 2. The van der Waals surface area contributed by atoms with Crippen molar-refractivity contribution in [3.63, 3.8) is 0 Å². The molecule has 0 unspecified atom stereocenters. The van der Waals surface area contributed by atoms with E-state index in [0.717, 1.165) is 5.56 Å². The Bertz CT molecular complexity index is 1120. The smallest absolute Gasteiger partial charge is 0.261 e. The number of carbonyl (C=O) groups is 1. The first-order valence-electron chi connectivity index (χ1n) is 9.17. The van der Waals surface area contributed by atoms with Crippen molar-refractivity contribution in [1.82, 2.24) is 5.32 Å². The van der Waals surface area contributed by atoms with Crippen molar-refractivity contribution < 1.29 is 17.9 Å². The monoisotopic (exact) mass is 444 g/mol. The number of rotatable bonds is 8. The number of anilines is 1. The summed E-state index contributed by atoms with van der Waals surface area (Å²) in [4.78, 5) is 12.6. The van der Waals surface area contributed by atoms with Crippen LogP contribution in [0, 0.1) is 0 Å². The molecule has 2 N–H and O–H groups in total. The molecule has 0 aliphatic heterocycles. The van der Waals surface area contributed by atoms with Crippen molar-refractivity contribution in [3.05, 3.63) is 88.9 Å². The van der Waals surface area contributed by atoms with Gasteiger partial charge in [0.2, 0.25) is 0 Å². The van der Waals surface area contributed by atoms with Crippen molar-refractivity contribution in [3.8, 4) is 5.75 Å². The molecule has 0 atom stereocenters. The SMILES string of the molecule is COc1ccc(S(=O)(=O)Nc2ccc(Cl)c(C(=O)NCCc3ccccc3)c2)cc1. The number of amides is 1. The van der Waals surface area contributed by atoms with E-state index in [1.165, 1.54) is 37.4 Å². The zero-order chi connectivity index (χ0) is 21.6. The Morgan fingerprint density at radius 2 is 1.70 bits per heavy atom. The van der Waals surface area contributed by atoms with Gasteiger partial charge in [0.1, 0.15) is 5.75 Å². The summed E-state index contributed by atoms with van der Waals surface area (Å²) in [7, 11) is -2.33. The molecule has 1 amide bonds. The van der Waals surface area contributed by atoms with E-state index in [9.17, 15) is 13.2 Å². The Balaban J connectivity index is 1.69. The lowest BCUT2D eigenvalue weighted by molar-refractivity contribution is 0.0954. The Labute approximate surface area is 180 Å². The lowest BCUT2D eigenvalue weighted by Gasteiger charge is -2.12. The van der Waals surface area contributed by atoms with Gasteiger partial charge in [0.15, 0.2) is 0 Å². The number of ether oxygens (including phenoxy) is 1. The predicted octanol–water partition coefficient (Wildman–Crippen LogP) is 4.12. The Morgan fingerprint density at radius 3 is 2.37 bits per heavy atom. The molecule has 3 aromatic rings. The second kappa shape index (κ2) is 9.65. The van der Waals surface area contributed by atoms with Crippen molar-refractivity contribution >= 4 is 33.2 Å². The molecule has 6 nitrogen and oxygen atoms in total. The van der Waals surface area contributed by atoms with Gasteiger partial charge in [-0.3, -0.25) is 9.52 Å². The molecule has 0 aromatic heterocycles. The molecule has 0 saturated carbocycles. The van der Waals surface area contributed by atoms with Crippen LogP contribution < -0.4 is 14.8 Å². The van der Waals surface area contributed by atoms with E-state index in [-0.39, 0.29) is 27.1 Å². The van der Waals surface area contributed by atoms with E-state index in [4.69, 9.17) is 16.3 Å². The standard InChI is InChI=1S/C22H21ClN2O4S/c1-29-18-8-10-19(11-9-18)30(27,28)25-17-7-12-21(23)20(15-17)22(26)24-14-13-16-5-3-2-4-6-16/h2-12,15,25H,13-14H2,1H3,(H,24,26). The van der Waals surface area contributed by atoms with Gasteiger partial charge >= 0.3 is 0 Å². The highest BCUT2D eigenvalue weighted by Gasteiger charge is 2.17. The molecule has 0 fully saturated rings. The van der Waals surface area contributed by atoms with Gasteiger partial charge in [-0.25, -0.2) is 8.42 Å². The summed E-state index contributed by atoms with van der Waals surface area (Å²) in [6.45, 7) is 0.432. The van der Waals surface area contributed by atoms with Crippen molar-refractivity contribution in [1.29, 1.82) is 0 Å². The van der Waals surface area contributed by atoms with Crippen molar-refractivity contribution in [2.75, 3.05) is 18.4 Å². The van der Waals surface area contributed by atoms with Gasteiger partial charge < -0.3 is 10.1 Å². The average Bonchev–Trinajstić information content (AvgIpc) is 2.75. The molecule has 0 bridgehead atoms. The fraction of sp³-hybridized carbons (Fsp3) is 0.136. The molecule has 0 aliphatic carbocycles. The summed E-state index contributed by atoms with van der Waals surface area (Å²) in [6, 6.07) is 20.2. The Kier molecular flexibility index (Phi) is 6.97. The van der Waals surface area contributed by atoms with Crippen LogP contribution >= 0.6 is 11.6 Å². The summed E-state index contributed by atoms with van der Waals surface area (Å²) >= 11 is 6.16. The molecular weight excluding hydrogens is 424 g/mol. The van der Waals surface area contributed by atoms with Crippen LogP contribution in [0.5, 0.6) is 5.75 Å². The normalized spacial score (nSPS) is 11.0. The largest absolute Gasteiger partial charge is 0.497 e. The van der Waals surface area contributed by atoms with Crippen LogP contribution in [0.4, 0.5) is 5.69 Å². The van der Waals surface area contributed by atoms with Crippen molar-refractivity contribution in [2.24, 2.45) is 0 Å². The van der Waals surface area contributed by atoms with Crippen LogP contribution in [-0.2, 0) is 16.4 Å². The topological polar surface area (TPSA) is 84.5 Å². The van der Waals surface area contributed by atoms with E-state index in [1.54, 1.807) is 12.1 Å². The maximum Gasteiger partial charge on any atom is 0.261 e. The minimum atomic E-state index is -3.83. The third kappa shape index (κ3) is 5.52. The van der Waals surface area contributed by atoms with Crippen LogP contribution in [0.25, 0.3) is 0 Å². The number of benzene rings is 3. The minimum absolute atomic E-state index is 0.0760. The molecule has 3 aromatic carbocycles. The number of hydrogen-bond acceptors (Lipinski definition) is 4. The highest BCUT2D eigenvalue weighted by atomic mass is 35.5. The number of halogens is 1. The Morgan fingerprint density at radius 1 is 1.00 bits per heavy atom. The van der Waals surface area contributed by atoms with Gasteiger partial charge in [-0.15, -0.1) is 0 Å². The van der Waals surface area contributed by atoms with Gasteiger partial charge in [0.05, 0.1) is 22.6 Å². The molecular formula is C22H21ClN2O4S. The summed E-state index contributed by atoms with van der Waals surface area (Å²) < 4.78 is 32.7. The first kappa shape index (κ1) is 21.7. The van der Waals surface area contributed by atoms with Gasteiger partial charge in [-0.1, -0.05) is 41.9 Å². The lowest BCUT2D eigenvalue weighted by atomic mass is 10.1. The van der Waals surface area contributed by atoms with Gasteiger partial charge in [-0.2, -0.15) is 0 Å². The molecule has 0 aliphatic rings. The summed E-state index contributed by atoms with van der Waals surface area (Å²) in [5.41, 5.74) is 1.54. The number of sulfonamides is 1. The summed E-state index contributed by atoms with van der Waals surface area (Å²) in [6.07, 6.45) is 0.675. The highest BCUT2D eigenvalue weighted by Crippen LogP contribution is 2.24. The van der Waals surface area contributed by atoms with Gasteiger partial charge in [0.25, 0.3) is 15.9 Å². The van der Waals surface area contributed by atoms with E-state index in [0.29, 0.717) is 18.7 Å². The number of nitrogens with one attached hydrogen (secondary N) is 2. The van der Waals surface area contributed by atoms with Gasteiger partial charge in [-0.05, 0) is 54.4 Å². The maximum absolute atomic E-state index is 12.6. The van der Waals surface area contributed by atoms with E-state index in [2.05, 4.69) is 10.0 Å². The average molecular weight is 445 g/mol. The summed E-state index contributed by atoms with van der Waals surface area (Å²) in [5.74, 6) is 0.177. The fourth-order valence-electron chi connectivity index (χ4n) is 2.79. The molecule has 8 heteroatoms. The third-order valence-corrected chi connectivity index (χ3v) is 6.10. The van der Waals surface area contributed by atoms with Crippen LogP contribution in [0.3, 0.4) is 0 Å². The number of carbonyl (C=O) groups excluding carboxylic acids is 1. The lowest BCUT2D eigenvalue weighted by Crippen LogP contribution is -2.26. The van der Waals surface area contributed by atoms with E-state index in [1.807, 2.05) is 30.3 Å². The number of methoxy groups -OCH3 is 1. The highest BCUT2D eigenvalue weighted by molar-refractivity contribution is 7.92. The van der Waals surface area contributed by atoms with Crippen LogP contribution in [0.1, 0.15) is 15.9 Å². The second-order valence-electron chi connectivity index (χ2n) is 6.47. The zero-order valence-corrected chi connectivity index (χ0v) is 17.8. The van der Waals surface area contributed by atoms with Crippen LogP contribution in [-0.4, -0.2) is 28.0 Å². The third-order valence-electron chi connectivity index (χ3n) is 4.37. The molecule has 3 rings (SSSR count). The predicted molar refractivity (Wildman–Crippen MR) is 118 cm³/mol. The van der Waals surface area contributed by atoms with Crippen LogP contribution in [0.15, 0.2) is 77.7 Å². The molecule has 0 spiro atoms. The molecule has 156 valence electrons. The van der Waals surface area contributed by atoms with Crippen LogP contribution in [0.2, 0.25) is 5.02 Å². The van der Waals surface area contributed by atoms with E-state index < -0.39 is 10.0 Å². The molecule has 0 heterocycles. The minimum Gasteiger partial charge on any atom is -0.497 e. The second-order valence-corrected chi connectivity index (χ2v) is 8.56. The first-order chi connectivity index (χ1) is 14.4. The van der Waals surface area contributed by atoms with Gasteiger partial charge in [0, 0.05) is 12.2 Å². The maximum atomic E-state index is 12.6. The quantitative estimate of drug-likeness (QED) is 0.547. The van der Waals surface area contributed by atoms with E-state index >= 15 is 0 Å². The van der Waals surface area contributed by atoms with Crippen molar-refractivity contribution in [2.45, 2.75) is 11.3 Å². The summed E-state index contributed by atoms with van der Waals surface area (Å²) in [5, 5.41) is 3.04. The molecule has 0 radical (unpaired) electrons.